The molecule has 1 unspecified atom stereocenters. The second-order valence-corrected chi connectivity index (χ2v) is 4.73. The lowest BCUT2D eigenvalue weighted by Gasteiger charge is -2.13. The number of rotatable bonds is 4. The number of nitrogens with one attached hydrogen (secondary N) is 2. The molecule has 4 nitrogen and oxygen atoms in total. The minimum Gasteiger partial charge on any atom is -0.322 e. The van der Waals surface area contributed by atoms with Crippen LogP contribution in [0.1, 0.15) is 34.6 Å². The van der Waals surface area contributed by atoms with Gasteiger partial charge in [-0.05, 0) is 50.7 Å². The van der Waals surface area contributed by atoms with Crippen LogP contribution in [0.3, 0.4) is 0 Å². The molecule has 0 spiro atoms. The summed E-state index contributed by atoms with van der Waals surface area (Å²) in [5.74, 6) is -0.134. The van der Waals surface area contributed by atoms with E-state index in [-0.39, 0.29) is 11.9 Å². The summed E-state index contributed by atoms with van der Waals surface area (Å²) in [7, 11) is 1.91. The van der Waals surface area contributed by atoms with Crippen molar-refractivity contribution < 1.29 is 4.79 Å². The predicted molar refractivity (Wildman–Crippen MR) is 80.8 cm³/mol. The maximum Gasteiger partial charge on any atom is 0.257 e. The van der Waals surface area contributed by atoms with Gasteiger partial charge in [0.1, 0.15) is 0 Å². The largest absolute Gasteiger partial charge is 0.322 e. The Bertz CT molecular complexity index is 610. The molecule has 0 radical (unpaired) electrons. The van der Waals surface area contributed by atoms with Crippen LogP contribution >= 0.6 is 0 Å². The molecule has 0 aliphatic heterocycles. The highest BCUT2D eigenvalue weighted by molar-refractivity contribution is 6.04. The Morgan fingerprint density at radius 1 is 1.25 bits per heavy atom. The van der Waals surface area contributed by atoms with Gasteiger partial charge in [0.05, 0.1) is 5.56 Å². The molecule has 2 aromatic rings. The molecular formula is C16H19N3O. The summed E-state index contributed by atoms with van der Waals surface area (Å²) in [5.41, 5.74) is 3.25. The number of benzene rings is 1. The molecular weight excluding hydrogens is 250 g/mol. The summed E-state index contributed by atoms with van der Waals surface area (Å²) < 4.78 is 0. The molecule has 0 saturated heterocycles. The van der Waals surface area contributed by atoms with E-state index in [1.54, 1.807) is 18.3 Å². The molecule has 0 aliphatic carbocycles. The van der Waals surface area contributed by atoms with Crippen molar-refractivity contribution in [1.82, 2.24) is 10.3 Å². The number of carbonyl (C=O) groups is 1. The first-order valence-electron chi connectivity index (χ1n) is 6.62. The maximum atomic E-state index is 12.2. The van der Waals surface area contributed by atoms with Crippen molar-refractivity contribution in [3.63, 3.8) is 0 Å². The van der Waals surface area contributed by atoms with Crippen LogP contribution in [0.15, 0.2) is 42.6 Å². The van der Waals surface area contributed by atoms with E-state index in [4.69, 9.17) is 0 Å². The lowest BCUT2D eigenvalue weighted by atomic mass is 10.1. The van der Waals surface area contributed by atoms with Gasteiger partial charge < -0.3 is 10.6 Å². The standard InChI is InChI=1S/C16H19N3O/c1-11(17-3)13-6-4-7-14(10-13)19-16(20)15-8-5-9-18-12(15)2/h4-11,17H,1-3H3,(H,19,20). The number of hydrogen-bond acceptors (Lipinski definition) is 3. The minimum absolute atomic E-state index is 0.134. The molecule has 4 heteroatoms. The van der Waals surface area contributed by atoms with E-state index < -0.39 is 0 Å². The zero-order valence-corrected chi connectivity index (χ0v) is 12.0. The molecule has 104 valence electrons. The van der Waals surface area contributed by atoms with Gasteiger partial charge in [-0.1, -0.05) is 12.1 Å². The molecule has 2 rings (SSSR count). The Morgan fingerprint density at radius 2 is 2.05 bits per heavy atom. The Morgan fingerprint density at radius 3 is 2.75 bits per heavy atom. The van der Waals surface area contributed by atoms with Crippen molar-refractivity contribution in [2.24, 2.45) is 0 Å². The number of anilines is 1. The van der Waals surface area contributed by atoms with Gasteiger partial charge in [-0.15, -0.1) is 0 Å². The third-order valence-corrected chi connectivity index (χ3v) is 3.33. The summed E-state index contributed by atoms with van der Waals surface area (Å²) >= 11 is 0. The zero-order chi connectivity index (χ0) is 14.5. The Kier molecular flexibility index (Phi) is 4.48. The summed E-state index contributed by atoms with van der Waals surface area (Å²) in [4.78, 5) is 16.3. The molecule has 1 amide bonds. The van der Waals surface area contributed by atoms with Gasteiger partial charge in [0.2, 0.25) is 0 Å². The van der Waals surface area contributed by atoms with Crippen LogP contribution in [-0.4, -0.2) is 17.9 Å². The van der Waals surface area contributed by atoms with Crippen LogP contribution in [0, 0.1) is 6.92 Å². The van der Waals surface area contributed by atoms with E-state index in [2.05, 4.69) is 22.5 Å². The Hall–Kier alpha value is -2.20. The van der Waals surface area contributed by atoms with Gasteiger partial charge in [-0.3, -0.25) is 9.78 Å². The van der Waals surface area contributed by atoms with E-state index in [1.807, 2.05) is 38.2 Å². The molecule has 0 aliphatic rings. The van der Waals surface area contributed by atoms with Crippen LogP contribution < -0.4 is 10.6 Å². The van der Waals surface area contributed by atoms with Crippen LogP contribution in [0.5, 0.6) is 0 Å². The van der Waals surface area contributed by atoms with Crippen molar-refractivity contribution >= 4 is 11.6 Å². The number of hydrogen-bond donors (Lipinski definition) is 2. The Labute approximate surface area is 119 Å². The number of carbonyl (C=O) groups excluding carboxylic acids is 1. The lowest BCUT2D eigenvalue weighted by molar-refractivity contribution is 0.102. The maximum absolute atomic E-state index is 12.2. The normalized spacial score (nSPS) is 11.9. The van der Waals surface area contributed by atoms with Crippen LogP contribution in [0.25, 0.3) is 0 Å². The average molecular weight is 269 g/mol. The highest BCUT2D eigenvalue weighted by Gasteiger charge is 2.10. The van der Waals surface area contributed by atoms with Crippen molar-refractivity contribution in [3.8, 4) is 0 Å². The first-order chi connectivity index (χ1) is 9.61. The summed E-state index contributed by atoms with van der Waals surface area (Å²) in [6.07, 6.45) is 1.68. The molecule has 0 bridgehead atoms. The van der Waals surface area contributed by atoms with Crippen LogP contribution in [0.2, 0.25) is 0 Å². The average Bonchev–Trinajstić information content (AvgIpc) is 2.47. The van der Waals surface area contributed by atoms with Gasteiger partial charge in [-0.25, -0.2) is 0 Å². The van der Waals surface area contributed by atoms with E-state index in [0.717, 1.165) is 16.9 Å². The highest BCUT2D eigenvalue weighted by Crippen LogP contribution is 2.18. The molecule has 0 saturated carbocycles. The van der Waals surface area contributed by atoms with E-state index in [1.165, 1.54) is 0 Å². The number of nitrogens with zero attached hydrogens (tertiary/aromatic N) is 1. The van der Waals surface area contributed by atoms with Gasteiger partial charge >= 0.3 is 0 Å². The van der Waals surface area contributed by atoms with Crippen LogP contribution in [0.4, 0.5) is 5.69 Å². The third-order valence-electron chi connectivity index (χ3n) is 3.33. The van der Waals surface area contributed by atoms with Crippen molar-refractivity contribution in [1.29, 1.82) is 0 Å². The number of amides is 1. The number of aromatic nitrogens is 1. The van der Waals surface area contributed by atoms with E-state index >= 15 is 0 Å². The molecule has 20 heavy (non-hydrogen) atoms. The fourth-order valence-electron chi connectivity index (χ4n) is 1.98. The molecule has 1 aromatic carbocycles. The topological polar surface area (TPSA) is 54.0 Å². The SMILES string of the molecule is CNC(C)c1cccc(NC(=O)c2cccnc2C)c1. The monoisotopic (exact) mass is 269 g/mol. The van der Waals surface area contributed by atoms with Gasteiger partial charge in [0, 0.05) is 23.6 Å². The summed E-state index contributed by atoms with van der Waals surface area (Å²) in [5, 5.41) is 6.09. The van der Waals surface area contributed by atoms with E-state index in [0.29, 0.717) is 5.56 Å². The van der Waals surface area contributed by atoms with Crippen LogP contribution in [-0.2, 0) is 0 Å². The number of pyridine rings is 1. The lowest BCUT2D eigenvalue weighted by Crippen LogP contribution is -2.15. The molecule has 1 atom stereocenters. The van der Waals surface area contributed by atoms with Crippen molar-refractivity contribution in [3.05, 3.63) is 59.4 Å². The Balaban J connectivity index is 2.18. The highest BCUT2D eigenvalue weighted by atomic mass is 16.1. The van der Waals surface area contributed by atoms with Crippen molar-refractivity contribution in [2.75, 3.05) is 12.4 Å². The zero-order valence-electron chi connectivity index (χ0n) is 12.0. The van der Waals surface area contributed by atoms with E-state index in [9.17, 15) is 4.79 Å². The third kappa shape index (κ3) is 3.22. The fourth-order valence-corrected chi connectivity index (χ4v) is 1.98. The smallest absolute Gasteiger partial charge is 0.257 e. The predicted octanol–water partition coefficient (Wildman–Crippen LogP) is 2.92. The quantitative estimate of drug-likeness (QED) is 0.897. The fraction of sp³-hybridized carbons (Fsp3) is 0.250. The van der Waals surface area contributed by atoms with Crippen molar-refractivity contribution in [2.45, 2.75) is 19.9 Å². The van der Waals surface area contributed by atoms with Gasteiger partial charge in [0.25, 0.3) is 5.91 Å². The first kappa shape index (κ1) is 14.2. The van der Waals surface area contributed by atoms with Gasteiger partial charge in [0.15, 0.2) is 0 Å². The minimum atomic E-state index is -0.134. The van der Waals surface area contributed by atoms with Gasteiger partial charge in [-0.2, -0.15) is 0 Å². The molecule has 1 aromatic heterocycles. The number of aryl methyl sites for hydroxylation is 1. The second kappa shape index (κ2) is 6.30. The molecule has 2 N–H and O–H groups in total. The second-order valence-electron chi connectivity index (χ2n) is 4.73. The molecule has 0 fully saturated rings. The first-order valence-corrected chi connectivity index (χ1v) is 6.62. The summed E-state index contributed by atoms with van der Waals surface area (Å²) in [6.45, 7) is 3.90. The molecule has 1 heterocycles. The summed E-state index contributed by atoms with van der Waals surface area (Å²) in [6, 6.07) is 11.6.